The third-order valence-electron chi connectivity index (χ3n) is 9.04. The Bertz CT molecular complexity index is 1860. The van der Waals surface area contributed by atoms with E-state index in [1.54, 1.807) is 17.7 Å². The van der Waals surface area contributed by atoms with Gasteiger partial charge in [0, 0.05) is 55.5 Å². The fraction of sp³-hybridized carbons (Fsp3) is 0.429. The van der Waals surface area contributed by atoms with Crippen molar-refractivity contribution in [1.82, 2.24) is 15.0 Å². The number of fused-ring (bicyclic) bond motifs is 2. The molecular weight excluding hydrogens is 803 g/mol. The Balaban J connectivity index is 0.000000347. The summed E-state index contributed by atoms with van der Waals surface area (Å²) in [6.45, 7) is 19.3. The van der Waals surface area contributed by atoms with E-state index in [0.717, 1.165) is 65.5 Å². The summed E-state index contributed by atoms with van der Waals surface area (Å²) < 4.78 is 1.19. The Morgan fingerprint density at radius 2 is 1.57 bits per heavy atom. The maximum absolute atomic E-state index is 11.7. The molecule has 2 aromatic carbocycles. The van der Waals surface area contributed by atoms with E-state index in [-0.39, 0.29) is 48.9 Å². The number of aliphatic hydroxyl groups excluding tert-OH is 1. The summed E-state index contributed by atoms with van der Waals surface area (Å²) in [4.78, 5) is 25.7. The average molecular weight is 855 g/mol. The number of thiophene rings is 1. The zero-order valence-corrected chi connectivity index (χ0v) is 33.8. The van der Waals surface area contributed by atoms with Crippen molar-refractivity contribution in [2.45, 2.75) is 99.8 Å². The van der Waals surface area contributed by atoms with Gasteiger partial charge in [0.05, 0.1) is 21.7 Å². The zero-order valence-electron chi connectivity index (χ0n) is 30.6. The molecule has 0 bridgehead atoms. The fourth-order valence-electron chi connectivity index (χ4n) is 6.19. The molecule has 49 heavy (non-hydrogen) atoms. The number of aromatic nitrogens is 3. The number of aliphatic hydroxyl groups is 1. The maximum Gasteiger partial charge on any atom is 0.162 e. The zero-order chi connectivity index (χ0) is 35.0. The number of nitrogens with zero attached hydrogens (tertiary/aromatic N) is 3. The van der Waals surface area contributed by atoms with Gasteiger partial charge in [-0.2, -0.15) is 0 Å². The van der Waals surface area contributed by atoms with Gasteiger partial charge in [0.15, 0.2) is 5.78 Å². The summed E-state index contributed by atoms with van der Waals surface area (Å²) in [5.74, 6) is 1.14. The van der Waals surface area contributed by atoms with Crippen LogP contribution in [-0.2, 0) is 36.7 Å². The van der Waals surface area contributed by atoms with Gasteiger partial charge in [-0.05, 0) is 66.5 Å². The number of hydrogen-bond donors (Lipinski definition) is 1. The Morgan fingerprint density at radius 3 is 2.20 bits per heavy atom. The van der Waals surface area contributed by atoms with Crippen molar-refractivity contribution < 1.29 is 30.0 Å². The number of hydrogen-bond acceptors (Lipinski definition) is 6. The first kappa shape index (κ1) is 40.2. The molecule has 0 spiro atoms. The standard InChI is InChI=1S/C29H28N3S.C13H24O2.Ir/c1-18(2)12-21-16-33-28-23(10-11-30-27(21)28)26-15-25(31-17-32-26)20-13-19-8-6-7-9-22(19)24(14-20)29(3,4)5;1-5-10(6-2)12(14)9-13(15)11(7-3)8-4;/h6-11,14-18H,12H2,1-5H3;9-11,14H,5-8H2,1-4H3;/q-1;;/b;12-9-;. The normalized spacial score (nSPS) is 12.0. The first-order valence-electron chi connectivity index (χ1n) is 17.5. The van der Waals surface area contributed by atoms with Crippen LogP contribution in [0.15, 0.2) is 72.2 Å². The van der Waals surface area contributed by atoms with E-state index in [0.29, 0.717) is 5.92 Å². The van der Waals surface area contributed by atoms with E-state index in [4.69, 9.17) is 4.98 Å². The van der Waals surface area contributed by atoms with Crippen LogP contribution in [0, 0.1) is 23.8 Å². The molecule has 0 saturated heterocycles. The molecular formula is C42H52IrN3O2S-. The monoisotopic (exact) mass is 855 g/mol. The van der Waals surface area contributed by atoms with Crippen LogP contribution in [0.5, 0.6) is 0 Å². The minimum absolute atomic E-state index is 0. The van der Waals surface area contributed by atoms with E-state index >= 15 is 0 Å². The first-order valence-corrected chi connectivity index (χ1v) is 18.4. The van der Waals surface area contributed by atoms with Crippen molar-refractivity contribution in [3.05, 3.63) is 89.4 Å². The largest absolute Gasteiger partial charge is 0.512 e. The van der Waals surface area contributed by atoms with Gasteiger partial charge < -0.3 is 5.11 Å². The number of allylic oxidation sites excluding steroid dienone is 2. The van der Waals surface area contributed by atoms with Crippen LogP contribution in [0.3, 0.4) is 0 Å². The number of rotatable bonds is 11. The Hall–Kier alpha value is -3.25. The van der Waals surface area contributed by atoms with Crippen LogP contribution in [-0.4, -0.2) is 25.8 Å². The summed E-state index contributed by atoms with van der Waals surface area (Å²) in [5.41, 5.74) is 7.65. The van der Waals surface area contributed by atoms with Gasteiger partial charge in [0.2, 0.25) is 0 Å². The SMILES string of the molecule is CC(C)Cc1csc2c(-c3cc(-c4[c-]c5ccccc5c(C(C)(C)C)c4)ncn3)ccnc12.CCC(CC)C(=O)/C=C(\O)C(CC)CC.[Ir]. The van der Waals surface area contributed by atoms with Crippen molar-refractivity contribution in [2.24, 2.45) is 17.8 Å². The molecule has 5 nitrogen and oxygen atoms in total. The molecule has 0 fully saturated rings. The molecule has 0 saturated carbocycles. The smallest absolute Gasteiger partial charge is 0.162 e. The molecule has 3 heterocycles. The van der Waals surface area contributed by atoms with Gasteiger partial charge in [0.25, 0.3) is 0 Å². The van der Waals surface area contributed by atoms with Gasteiger partial charge >= 0.3 is 0 Å². The topological polar surface area (TPSA) is 76.0 Å². The molecule has 0 amide bonds. The van der Waals surface area contributed by atoms with Crippen LogP contribution in [0.1, 0.15) is 99.1 Å². The number of benzene rings is 2. The summed E-state index contributed by atoms with van der Waals surface area (Å²) in [6.07, 6.45) is 9.51. The minimum atomic E-state index is 0. The van der Waals surface area contributed by atoms with Gasteiger partial charge in [0.1, 0.15) is 6.33 Å². The Morgan fingerprint density at radius 1 is 0.918 bits per heavy atom. The van der Waals surface area contributed by atoms with Crippen molar-refractivity contribution in [2.75, 3.05) is 0 Å². The van der Waals surface area contributed by atoms with Crippen molar-refractivity contribution in [1.29, 1.82) is 0 Å². The van der Waals surface area contributed by atoms with Crippen molar-refractivity contribution in [3.8, 4) is 22.5 Å². The minimum Gasteiger partial charge on any atom is -0.512 e. The molecule has 0 aliphatic rings. The number of ketones is 1. The van der Waals surface area contributed by atoms with Gasteiger partial charge in [-0.15, -0.1) is 40.5 Å². The average Bonchev–Trinajstić information content (AvgIpc) is 3.47. The van der Waals surface area contributed by atoms with Gasteiger partial charge in [-0.25, -0.2) is 4.98 Å². The summed E-state index contributed by atoms with van der Waals surface area (Å²) >= 11 is 1.76. The van der Waals surface area contributed by atoms with Crippen LogP contribution in [0.25, 0.3) is 43.5 Å². The van der Waals surface area contributed by atoms with Crippen LogP contribution < -0.4 is 0 Å². The molecule has 7 heteroatoms. The van der Waals surface area contributed by atoms with E-state index in [1.165, 1.54) is 27.3 Å². The van der Waals surface area contributed by atoms with E-state index in [1.807, 2.05) is 33.9 Å². The maximum atomic E-state index is 11.7. The molecule has 5 aromatic rings. The molecule has 3 aromatic heterocycles. The molecule has 1 radical (unpaired) electrons. The molecule has 263 valence electrons. The number of carbonyl (C=O) groups is 1. The van der Waals surface area contributed by atoms with E-state index in [9.17, 15) is 9.90 Å². The molecule has 0 aliphatic heterocycles. The van der Waals surface area contributed by atoms with E-state index < -0.39 is 0 Å². The number of carbonyl (C=O) groups excluding carboxylic acids is 1. The summed E-state index contributed by atoms with van der Waals surface area (Å²) in [5, 5.41) is 14.4. The second kappa shape index (κ2) is 18.1. The third kappa shape index (κ3) is 9.93. The Labute approximate surface area is 311 Å². The third-order valence-corrected chi connectivity index (χ3v) is 10.1. The summed E-state index contributed by atoms with van der Waals surface area (Å²) in [6, 6.07) is 18.5. The fourth-order valence-corrected chi connectivity index (χ4v) is 7.25. The summed E-state index contributed by atoms with van der Waals surface area (Å²) in [7, 11) is 0. The predicted molar refractivity (Wildman–Crippen MR) is 204 cm³/mol. The van der Waals surface area contributed by atoms with Crippen LogP contribution in [0.2, 0.25) is 0 Å². The van der Waals surface area contributed by atoms with E-state index in [2.05, 4.69) is 98.5 Å². The Kier molecular flexibility index (Phi) is 14.9. The second-order valence-corrected chi connectivity index (χ2v) is 15.0. The van der Waals surface area contributed by atoms with Crippen LogP contribution in [0.4, 0.5) is 0 Å². The predicted octanol–water partition coefficient (Wildman–Crippen LogP) is 11.7. The molecule has 0 atom stereocenters. The molecule has 1 N–H and O–H groups in total. The van der Waals surface area contributed by atoms with Crippen molar-refractivity contribution in [3.63, 3.8) is 0 Å². The molecule has 0 aliphatic carbocycles. The van der Waals surface area contributed by atoms with Gasteiger partial charge in [-0.3, -0.25) is 14.8 Å². The van der Waals surface area contributed by atoms with Crippen molar-refractivity contribution >= 4 is 38.1 Å². The second-order valence-electron chi connectivity index (χ2n) is 14.1. The quantitative estimate of drug-likeness (QED) is 0.0814. The van der Waals surface area contributed by atoms with Gasteiger partial charge in [-0.1, -0.05) is 91.5 Å². The molecule has 5 rings (SSSR count). The first-order chi connectivity index (χ1) is 22.9. The molecule has 0 unspecified atom stereocenters. The van der Waals surface area contributed by atoms with Crippen LogP contribution >= 0.6 is 11.3 Å². The number of pyridine rings is 1.